The average Bonchev–Trinajstić information content (AvgIpc) is 3.48. The monoisotopic (exact) mass is 620 g/mol. The van der Waals surface area contributed by atoms with Crippen molar-refractivity contribution in [2.45, 2.75) is 90.4 Å². The molecule has 1 atom stereocenters. The number of fused-ring (bicyclic) bond motifs is 2. The molecule has 6 heteroatoms. The zero-order valence-corrected chi connectivity index (χ0v) is 28.5. The summed E-state index contributed by atoms with van der Waals surface area (Å²) in [7, 11) is 2.15. The van der Waals surface area contributed by atoms with Crippen LogP contribution in [0.4, 0.5) is 11.4 Å². The first-order valence-electron chi connectivity index (χ1n) is 16.9. The number of Topliss-reactive ketones (excluding diaryl/α,β-unsaturated/α-hetero) is 1. The molecule has 0 N–H and O–H groups in total. The van der Waals surface area contributed by atoms with Crippen LogP contribution < -0.4 is 4.90 Å². The lowest BCUT2D eigenvalue weighted by Crippen LogP contribution is -2.31. The van der Waals surface area contributed by atoms with Crippen molar-refractivity contribution < 1.29 is 19.0 Å². The first-order valence-corrected chi connectivity index (χ1v) is 16.9. The van der Waals surface area contributed by atoms with Gasteiger partial charge in [-0.2, -0.15) is 4.58 Å². The van der Waals surface area contributed by atoms with Crippen molar-refractivity contribution in [1.29, 1.82) is 0 Å². The minimum Gasteiger partial charge on any atom is -0.344 e. The summed E-state index contributed by atoms with van der Waals surface area (Å²) in [6, 6.07) is 17.3. The third-order valence-electron chi connectivity index (χ3n) is 10.1. The quantitative estimate of drug-likeness (QED) is 0.0993. The SMILES string of the molecule is CC1CC(=O)N(CCCC(=O)CCCCCN2C(=CC=CC=CC3=[N+](C)c4ccccc4C3(C)C)C(C)(C)c3ccccc32)C1=O. The minimum absolute atomic E-state index is 0.0437. The van der Waals surface area contributed by atoms with E-state index in [-0.39, 0.29) is 34.3 Å². The highest BCUT2D eigenvalue weighted by atomic mass is 16.2. The van der Waals surface area contributed by atoms with Gasteiger partial charge in [0.2, 0.25) is 17.5 Å². The standard InChI is InChI=1S/C40H50N3O3/c1-29-28-37(45)43(38(29)46)27-17-19-30(44)18-9-8-16-26-42-34-23-15-13-21-32(34)40(4,5)36(42)25-11-7-10-24-35-39(2,3)31-20-12-14-22-33(31)41(35)6/h7,10-15,20-25,29H,8-9,16-19,26-28H2,1-6H3/q+1. The van der Waals surface area contributed by atoms with Crippen LogP contribution in [0.2, 0.25) is 0 Å². The van der Waals surface area contributed by atoms with Crippen molar-refractivity contribution >= 4 is 34.7 Å². The number of amides is 2. The normalized spacial score (nSPS) is 21.0. The van der Waals surface area contributed by atoms with Gasteiger partial charge in [0.05, 0.1) is 5.41 Å². The number of para-hydroxylation sites is 2. The molecule has 2 aromatic rings. The molecular formula is C40H50N3O3+. The number of likely N-dealkylation sites (tertiary alicyclic amines) is 1. The molecular weight excluding hydrogens is 570 g/mol. The molecule has 6 nitrogen and oxygen atoms in total. The van der Waals surface area contributed by atoms with Crippen molar-refractivity contribution in [1.82, 2.24) is 4.90 Å². The molecule has 3 aliphatic heterocycles. The number of benzene rings is 2. The Morgan fingerprint density at radius 1 is 0.826 bits per heavy atom. The molecule has 1 saturated heterocycles. The third-order valence-corrected chi connectivity index (χ3v) is 10.1. The van der Waals surface area contributed by atoms with Gasteiger partial charge >= 0.3 is 0 Å². The Balaban J connectivity index is 1.16. The Hall–Kier alpha value is -4.06. The largest absolute Gasteiger partial charge is 0.344 e. The van der Waals surface area contributed by atoms with Gasteiger partial charge in [-0.3, -0.25) is 19.3 Å². The highest BCUT2D eigenvalue weighted by Crippen LogP contribution is 2.47. The summed E-state index contributed by atoms with van der Waals surface area (Å²) < 4.78 is 2.30. The summed E-state index contributed by atoms with van der Waals surface area (Å²) in [5.74, 6) is -0.221. The first kappa shape index (κ1) is 33.3. The smallest absolute Gasteiger partial charge is 0.232 e. The molecule has 242 valence electrons. The number of carbonyl (C=O) groups is 3. The summed E-state index contributed by atoms with van der Waals surface area (Å²) in [6.07, 6.45) is 15.6. The number of hydrogen-bond acceptors (Lipinski definition) is 4. The van der Waals surface area contributed by atoms with E-state index in [4.69, 9.17) is 0 Å². The Bertz CT molecular complexity index is 1620. The summed E-state index contributed by atoms with van der Waals surface area (Å²) in [5.41, 5.74) is 7.65. The van der Waals surface area contributed by atoms with Gasteiger partial charge < -0.3 is 4.90 Å². The second-order valence-corrected chi connectivity index (χ2v) is 14.1. The van der Waals surface area contributed by atoms with E-state index in [1.54, 1.807) is 6.92 Å². The van der Waals surface area contributed by atoms with Crippen molar-refractivity contribution in [2.24, 2.45) is 5.92 Å². The highest BCUT2D eigenvalue weighted by Gasteiger charge is 2.42. The first-order chi connectivity index (χ1) is 21.9. The van der Waals surface area contributed by atoms with Crippen LogP contribution in [0.1, 0.15) is 90.7 Å². The lowest BCUT2D eigenvalue weighted by molar-refractivity contribution is -0.401. The van der Waals surface area contributed by atoms with Crippen LogP contribution >= 0.6 is 0 Å². The summed E-state index contributed by atoms with van der Waals surface area (Å²) in [5, 5.41) is 0. The number of imide groups is 1. The van der Waals surface area contributed by atoms with E-state index in [2.05, 4.69) is 123 Å². The van der Waals surface area contributed by atoms with E-state index in [9.17, 15) is 14.4 Å². The fourth-order valence-corrected chi connectivity index (χ4v) is 7.45. The van der Waals surface area contributed by atoms with Crippen molar-refractivity contribution in [3.05, 3.63) is 95.7 Å². The number of unbranched alkanes of at least 4 members (excludes halogenated alkanes) is 2. The second kappa shape index (κ2) is 13.7. The molecule has 0 saturated carbocycles. The molecule has 1 fully saturated rings. The Kier molecular flexibility index (Phi) is 9.95. The fourth-order valence-electron chi connectivity index (χ4n) is 7.45. The summed E-state index contributed by atoms with van der Waals surface area (Å²) >= 11 is 0. The number of ketones is 1. The van der Waals surface area contributed by atoms with Gasteiger partial charge in [0, 0.05) is 72.8 Å². The van der Waals surface area contributed by atoms with Crippen LogP contribution in [0.5, 0.6) is 0 Å². The molecule has 0 bridgehead atoms. The maximum absolute atomic E-state index is 12.5. The third kappa shape index (κ3) is 6.58. The van der Waals surface area contributed by atoms with E-state index in [1.165, 1.54) is 38.8 Å². The van der Waals surface area contributed by atoms with Crippen molar-refractivity contribution in [2.75, 3.05) is 25.0 Å². The predicted molar refractivity (Wildman–Crippen MR) is 187 cm³/mol. The van der Waals surface area contributed by atoms with Gasteiger partial charge in [-0.1, -0.05) is 81.8 Å². The average molecular weight is 621 g/mol. The van der Waals surface area contributed by atoms with Crippen LogP contribution in [0, 0.1) is 5.92 Å². The lowest BCUT2D eigenvalue weighted by Gasteiger charge is -2.27. The number of carbonyl (C=O) groups excluding carboxylic acids is 3. The van der Waals surface area contributed by atoms with E-state index >= 15 is 0 Å². The molecule has 2 amide bonds. The van der Waals surface area contributed by atoms with Crippen molar-refractivity contribution in [3.63, 3.8) is 0 Å². The van der Waals surface area contributed by atoms with E-state index < -0.39 is 0 Å². The Labute approximate surface area is 275 Å². The van der Waals surface area contributed by atoms with Gasteiger partial charge in [0.1, 0.15) is 12.8 Å². The van der Waals surface area contributed by atoms with Gasteiger partial charge in [0.25, 0.3) is 0 Å². The molecule has 0 aromatic heterocycles. The molecule has 2 aromatic carbocycles. The van der Waals surface area contributed by atoms with Crippen LogP contribution in [0.25, 0.3) is 0 Å². The number of rotatable bonds is 13. The van der Waals surface area contributed by atoms with Crippen LogP contribution in [0.15, 0.2) is 84.6 Å². The molecule has 0 radical (unpaired) electrons. The number of allylic oxidation sites excluding steroid dienone is 6. The van der Waals surface area contributed by atoms with Crippen LogP contribution in [-0.4, -0.2) is 52.9 Å². The maximum atomic E-state index is 12.5. The van der Waals surface area contributed by atoms with Gasteiger partial charge in [-0.05, 0) is 50.8 Å². The number of nitrogens with zero attached hydrogens (tertiary/aromatic N) is 3. The Morgan fingerprint density at radius 3 is 2.22 bits per heavy atom. The van der Waals surface area contributed by atoms with E-state index in [0.717, 1.165) is 25.8 Å². The highest BCUT2D eigenvalue weighted by molar-refractivity contribution is 6.03. The zero-order valence-electron chi connectivity index (χ0n) is 28.5. The zero-order chi connectivity index (χ0) is 33.1. The molecule has 3 heterocycles. The van der Waals surface area contributed by atoms with E-state index in [0.29, 0.717) is 32.2 Å². The van der Waals surface area contributed by atoms with Crippen LogP contribution in [0.3, 0.4) is 0 Å². The molecule has 5 rings (SSSR count). The van der Waals surface area contributed by atoms with Crippen LogP contribution in [-0.2, 0) is 25.2 Å². The van der Waals surface area contributed by atoms with Gasteiger partial charge in [0.15, 0.2) is 5.71 Å². The summed E-state index contributed by atoms with van der Waals surface area (Å²) in [6.45, 7) is 12.2. The van der Waals surface area contributed by atoms with Crippen molar-refractivity contribution in [3.8, 4) is 0 Å². The van der Waals surface area contributed by atoms with Gasteiger partial charge in [-0.25, -0.2) is 0 Å². The van der Waals surface area contributed by atoms with Gasteiger partial charge in [-0.15, -0.1) is 0 Å². The topological polar surface area (TPSA) is 60.7 Å². The number of anilines is 1. The predicted octanol–water partition coefficient (Wildman–Crippen LogP) is 7.79. The maximum Gasteiger partial charge on any atom is 0.232 e. The summed E-state index contributed by atoms with van der Waals surface area (Å²) in [4.78, 5) is 40.4. The molecule has 0 aliphatic carbocycles. The molecule has 1 unspecified atom stereocenters. The molecule has 0 spiro atoms. The molecule has 46 heavy (non-hydrogen) atoms. The fraction of sp³-hybridized carbons (Fsp3) is 0.450. The lowest BCUT2D eigenvalue weighted by atomic mass is 9.81. The minimum atomic E-state index is -0.228. The molecule has 3 aliphatic rings. The second-order valence-electron chi connectivity index (χ2n) is 14.1. The van der Waals surface area contributed by atoms with E-state index in [1.807, 2.05) is 0 Å². The Morgan fingerprint density at radius 2 is 1.50 bits per heavy atom. The number of hydrogen-bond donors (Lipinski definition) is 0.